The third-order valence-corrected chi connectivity index (χ3v) is 0. The van der Waals surface area contributed by atoms with Crippen LogP contribution in [0.4, 0.5) is 0 Å². The first-order chi connectivity index (χ1) is 0. The van der Waals surface area contributed by atoms with E-state index >= 15 is 0 Å². The van der Waals surface area contributed by atoms with Gasteiger partial charge in [0.1, 0.15) is 0 Å². The average molecular weight is 267 g/mol. The summed E-state index contributed by atoms with van der Waals surface area (Å²) in [6.07, 6.45) is 0. The van der Waals surface area contributed by atoms with Crippen LogP contribution in [0.15, 0.2) is 0 Å². The van der Waals surface area contributed by atoms with Crippen LogP contribution in [0.25, 0.3) is 6.15 Å². The number of hydrogen-bond donors (Lipinski definition) is 0. The molecule has 0 aliphatic heterocycles. The topological polar surface area (TPSA) is 33.5 Å². The minimum atomic E-state index is 0. The summed E-state index contributed by atoms with van der Waals surface area (Å²) in [5, 5.41) is 0. The fraction of sp³-hybridized carbons (Fsp3) is 0. The van der Waals surface area contributed by atoms with Crippen LogP contribution in [0.1, 0.15) is 0 Å². The predicted molar refractivity (Wildman–Crippen MR) is 19.8 cm³/mol. The molecule has 0 heterocycles. The zero-order chi connectivity index (χ0) is 0. The van der Waals surface area contributed by atoms with Crippen molar-refractivity contribution in [2.75, 3.05) is 0 Å². The number of rotatable bonds is 0. The fourth-order valence-electron chi connectivity index (χ4n) is 0. The third kappa shape index (κ3) is 9.96. The van der Waals surface area contributed by atoms with Crippen molar-refractivity contribution >= 4 is 24.8 Å². The molecule has 0 fully saturated rings. The van der Waals surface area contributed by atoms with Gasteiger partial charge in [-0.25, -0.2) is 0 Å². The quantitative estimate of drug-likeness (QED) is 0.597. The smallest absolute Gasteiger partial charge is 0 e. The molecule has 2 N–H and O–H groups in total. The Bertz CT molecular complexity index is 6.00. The maximum absolute atomic E-state index is 0. The molecule has 0 radical (unpaired) electrons. The molecule has 0 saturated carbocycles. The minimum Gasteiger partial charge on any atom is -0.693 e. The summed E-state index contributed by atoms with van der Waals surface area (Å²) in [5.74, 6) is 0. The van der Waals surface area contributed by atoms with E-state index in [2.05, 4.69) is 0 Å². The van der Waals surface area contributed by atoms with Gasteiger partial charge in [-0.2, -0.15) is 0 Å². The Morgan fingerprint density at radius 1 is 0.750 bits per heavy atom. The van der Waals surface area contributed by atoms with E-state index in [0.29, 0.717) is 0 Å². The van der Waals surface area contributed by atoms with E-state index in [9.17, 15) is 0 Å². The maximum atomic E-state index is 0. The van der Waals surface area contributed by atoms with Crippen LogP contribution < -0.4 is 0 Å². The Hall–Kier alpha value is 1.41. The van der Waals surface area contributed by atoms with Gasteiger partial charge in [0, 0.05) is 25.8 Å². The van der Waals surface area contributed by atoms with Gasteiger partial charge in [0.05, 0.1) is 0 Å². The molecule has 0 aromatic heterocycles. The monoisotopic (exact) mass is 268 g/mol. The van der Waals surface area contributed by atoms with Crippen LogP contribution in [0.3, 0.4) is 0 Å². The zero-order valence-electron chi connectivity index (χ0n) is 1.89. The van der Waals surface area contributed by atoms with Gasteiger partial charge in [0.25, 0.3) is 0 Å². The molecule has 0 rings (SSSR count). The largest absolute Gasteiger partial charge is 0.693 e. The molecular weight excluding hydrogens is 263 g/mol. The molecule has 0 aromatic carbocycles. The van der Waals surface area contributed by atoms with Crippen LogP contribution in [-0.4, -0.2) is 0 Å². The van der Waals surface area contributed by atoms with Gasteiger partial charge in [0.15, 0.2) is 0 Å². The summed E-state index contributed by atoms with van der Waals surface area (Å²) in [4.78, 5) is 0. The molecule has 0 aromatic rings. The van der Waals surface area contributed by atoms with Crippen LogP contribution >= 0.6 is 24.8 Å². The molecule has 28 valence electrons. The number of halogens is 2. The zero-order valence-corrected chi connectivity index (χ0v) is 7.12. The van der Waals surface area contributed by atoms with Crippen molar-refractivity contribution in [3.63, 3.8) is 0 Å². The van der Waals surface area contributed by atoms with Crippen LogP contribution in [0, 0.1) is 0 Å². The van der Waals surface area contributed by atoms with Crippen molar-refractivity contribution in [3.8, 4) is 0 Å². The van der Waals surface area contributed by atoms with E-state index in [4.69, 9.17) is 0 Å². The standard InChI is InChI=1S/2ClH.Hf.H2N/h2*1H;;1H2/q;;;-1. The molecule has 0 aliphatic carbocycles. The molecule has 0 amide bonds. The van der Waals surface area contributed by atoms with Crippen molar-refractivity contribution in [2.45, 2.75) is 0 Å². The molecule has 0 bridgehead atoms. The second-order valence-corrected chi connectivity index (χ2v) is 0. The first kappa shape index (κ1) is 52.9. The van der Waals surface area contributed by atoms with Crippen LogP contribution in [-0.2, 0) is 25.8 Å². The minimum absolute atomic E-state index is 0. The van der Waals surface area contributed by atoms with E-state index in [1.54, 1.807) is 0 Å². The third-order valence-electron chi connectivity index (χ3n) is 0. The average Bonchev–Trinajstić information content (AvgIpc) is 0. The molecule has 0 atom stereocenters. The summed E-state index contributed by atoms with van der Waals surface area (Å²) in [6, 6.07) is 0. The maximum Gasteiger partial charge on any atom is 0 e. The Labute approximate surface area is 56.7 Å². The Morgan fingerprint density at radius 2 is 0.750 bits per heavy atom. The molecule has 0 spiro atoms. The summed E-state index contributed by atoms with van der Waals surface area (Å²) in [6.45, 7) is 0. The second-order valence-electron chi connectivity index (χ2n) is 0. The summed E-state index contributed by atoms with van der Waals surface area (Å²) in [5.41, 5.74) is 0. The van der Waals surface area contributed by atoms with Crippen molar-refractivity contribution in [1.29, 1.82) is 0 Å². The summed E-state index contributed by atoms with van der Waals surface area (Å²) in [7, 11) is 0. The molecule has 0 saturated heterocycles. The van der Waals surface area contributed by atoms with Gasteiger partial charge in [-0.1, -0.05) is 0 Å². The van der Waals surface area contributed by atoms with E-state index < -0.39 is 0 Å². The molecular formula is H4Cl2HfN-. The summed E-state index contributed by atoms with van der Waals surface area (Å²) < 4.78 is 0. The van der Waals surface area contributed by atoms with E-state index in [0.717, 1.165) is 0 Å². The van der Waals surface area contributed by atoms with Crippen LogP contribution in [0.2, 0.25) is 0 Å². The first-order valence-electron chi connectivity index (χ1n) is 0. The molecule has 4 heteroatoms. The van der Waals surface area contributed by atoms with Crippen molar-refractivity contribution in [3.05, 3.63) is 6.15 Å². The van der Waals surface area contributed by atoms with E-state index in [1.807, 2.05) is 0 Å². The van der Waals surface area contributed by atoms with Gasteiger partial charge in [-0.05, 0) is 0 Å². The van der Waals surface area contributed by atoms with Gasteiger partial charge in [-0.15, -0.1) is 24.8 Å². The molecule has 0 unspecified atom stereocenters. The Balaban J connectivity index is 0. The van der Waals surface area contributed by atoms with E-state index in [-0.39, 0.29) is 56.8 Å². The Kier molecular flexibility index (Phi) is 341. The van der Waals surface area contributed by atoms with Crippen molar-refractivity contribution < 1.29 is 25.8 Å². The van der Waals surface area contributed by atoms with Crippen molar-refractivity contribution in [2.24, 2.45) is 0 Å². The van der Waals surface area contributed by atoms with Crippen LogP contribution in [0.5, 0.6) is 0 Å². The molecule has 1 nitrogen and oxygen atoms in total. The van der Waals surface area contributed by atoms with Gasteiger partial charge < -0.3 is 6.15 Å². The van der Waals surface area contributed by atoms with Gasteiger partial charge in [0.2, 0.25) is 0 Å². The predicted octanol–water partition coefficient (Wildman–Crippen LogP) is 1.56. The Morgan fingerprint density at radius 3 is 0.750 bits per heavy atom. The number of nitrogens with two attached hydrogens (primary N) is 1. The first-order valence-corrected chi connectivity index (χ1v) is 0. The van der Waals surface area contributed by atoms with Crippen molar-refractivity contribution in [1.82, 2.24) is 0 Å². The number of hydrogen-bond acceptors (Lipinski definition) is 0. The molecule has 4 heavy (non-hydrogen) atoms. The second kappa shape index (κ2) is 25.8. The SMILES string of the molecule is Cl.Cl.[Hf].[NH2-]. The normalized spacial score (nSPS) is 0. The fourth-order valence-corrected chi connectivity index (χ4v) is 0. The van der Waals surface area contributed by atoms with Gasteiger partial charge >= 0.3 is 0 Å². The van der Waals surface area contributed by atoms with Gasteiger partial charge in [-0.3, -0.25) is 0 Å². The molecule has 0 aliphatic rings. The summed E-state index contributed by atoms with van der Waals surface area (Å²) >= 11 is 0. The van der Waals surface area contributed by atoms with E-state index in [1.165, 1.54) is 0 Å².